The van der Waals surface area contributed by atoms with Crippen LogP contribution in [0.2, 0.25) is 5.15 Å². The van der Waals surface area contributed by atoms with Crippen LogP contribution in [-0.2, 0) is 13.0 Å². The van der Waals surface area contributed by atoms with Gasteiger partial charge in [-0.25, -0.2) is 4.68 Å². The van der Waals surface area contributed by atoms with E-state index in [4.69, 9.17) is 11.6 Å². The molecule has 0 N–H and O–H groups in total. The Kier molecular flexibility index (Phi) is 2.88. The van der Waals surface area contributed by atoms with Gasteiger partial charge in [-0.2, -0.15) is 0 Å². The minimum atomic E-state index is 0.689. The van der Waals surface area contributed by atoms with Crippen molar-refractivity contribution >= 4 is 11.6 Å². The van der Waals surface area contributed by atoms with E-state index in [1.807, 2.05) is 6.92 Å². The van der Waals surface area contributed by atoms with E-state index in [1.165, 1.54) is 0 Å². The predicted molar refractivity (Wildman–Crippen MR) is 44.7 cm³/mol. The summed E-state index contributed by atoms with van der Waals surface area (Å²) < 4.78 is 1.70. The molecule has 4 heteroatoms. The number of aromatic nitrogens is 3. The first-order valence-electron chi connectivity index (χ1n) is 3.87. The fraction of sp³-hybridized carbons (Fsp3) is 0.714. The maximum absolute atomic E-state index is 5.94. The molecule has 0 amide bonds. The van der Waals surface area contributed by atoms with E-state index in [1.54, 1.807) is 4.68 Å². The van der Waals surface area contributed by atoms with Gasteiger partial charge in [0.25, 0.3) is 0 Å². The Balaban J connectivity index is 2.82. The van der Waals surface area contributed by atoms with Crippen molar-refractivity contribution in [1.82, 2.24) is 15.0 Å². The summed E-state index contributed by atoms with van der Waals surface area (Å²) in [7, 11) is 0. The van der Waals surface area contributed by atoms with Crippen molar-refractivity contribution in [1.29, 1.82) is 0 Å². The zero-order valence-corrected chi connectivity index (χ0v) is 7.60. The summed E-state index contributed by atoms with van der Waals surface area (Å²) in [5, 5.41) is 8.53. The molecule has 1 aromatic heterocycles. The summed E-state index contributed by atoms with van der Waals surface area (Å²) in [4.78, 5) is 0. The minimum absolute atomic E-state index is 0.689. The van der Waals surface area contributed by atoms with Crippen LogP contribution in [0, 0.1) is 0 Å². The van der Waals surface area contributed by atoms with Gasteiger partial charge in [0.05, 0.1) is 0 Å². The average molecular weight is 174 g/mol. The zero-order chi connectivity index (χ0) is 8.27. The van der Waals surface area contributed by atoms with Crippen LogP contribution in [0.15, 0.2) is 0 Å². The van der Waals surface area contributed by atoms with Gasteiger partial charge in [0, 0.05) is 6.54 Å². The largest absolute Gasteiger partial charge is 0.234 e. The van der Waals surface area contributed by atoms with Crippen LogP contribution in [-0.4, -0.2) is 15.0 Å². The molecule has 1 rings (SSSR count). The van der Waals surface area contributed by atoms with Crippen molar-refractivity contribution in [2.45, 2.75) is 33.2 Å². The molecule has 0 aromatic carbocycles. The third-order valence-electron chi connectivity index (χ3n) is 1.52. The Morgan fingerprint density at radius 2 is 2.18 bits per heavy atom. The highest BCUT2D eigenvalue weighted by Gasteiger charge is 2.06. The topological polar surface area (TPSA) is 30.7 Å². The van der Waals surface area contributed by atoms with Crippen LogP contribution >= 0.6 is 11.6 Å². The molecule has 0 aliphatic carbocycles. The maximum Gasteiger partial charge on any atom is 0.150 e. The van der Waals surface area contributed by atoms with Crippen LogP contribution < -0.4 is 0 Å². The summed E-state index contributed by atoms with van der Waals surface area (Å²) in [5.41, 5.74) is 0.913. The van der Waals surface area contributed by atoms with Crippen molar-refractivity contribution in [2.24, 2.45) is 0 Å². The van der Waals surface area contributed by atoms with Crippen LogP contribution in [0.25, 0.3) is 0 Å². The highest BCUT2D eigenvalue weighted by molar-refractivity contribution is 6.30. The van der Waals surface area contributed by atoms with E-state index in [2.05, 4.69) is 17.2 Å². The molecule has 0 aliphatic heterocycles. The van der Waals surface area contributed by atoms with Gasteiger partial charge in [0.1, 0.15) is 10.8 Å². The Bertz CT molecular complexity index is 232. The van der Waals surface area contributed by atoms with E-state index < -0.39 is 0 Å². The number of rotatable bonds is 3. The van der Waals surface area contributed by atoms with Crippen molar-refractivity contribution < 1.29 is 0 Å². The second-order valence-corrected chi connectivity index (χ2v) is 2.75. The van der Waals surface area contributed by atoms with Gasteiger partial charge in [-0.15, -0.1) is 5.10 Å². The Labute approximate surface area is 71.4 Å². The highest BCUT2D eigenvalue weighted by atomic mass is 35.5. The van der Waals surface area contributed by atoms with Gasteiger partial charge in [0.15, 0.2) is 0 Å². The van der Waals surface area contributed by atoms with Crippen molar-refractivity contribution in [2.75, 3.05) is 0 Å². The van der Waals surface area contributed by atoms with Gasteiger partial charge in [-0.3, -0.25) is 0 Å². The molecule has 62 valence electrons. The molecule has 11 heavy (non-hydrogen) atoms. The molecule has 3 nitrogen and oxygen atoms in total. The molecule has 0 bridgehead atoms. The smallest absolute Gasteiger partial charge is 0.150 e. The molecule has 0 atom stereocenters. The molecule has 1 aromatic rings. The predicted octanol–water partition coefficient (Wildman–Crippen LogP) is 1.90. The number of aryl methyl sites for hydroxylation is 2. The minimum Gasteiger partial charge on any atom is -0.234 e. The standard InChI is InChI=1S/C7H12ClN3/c1-3-5-6-7(8)11(4-2)10-9-6/h3-5H2,1-2H3. The van der Waals surface area contributed by atoms with Crippen LogP contribution in [0.5, 0.6) is 0 Å². The Morgan fingerprint density at radius 1 is 1.45 bits per heavy atom. The molecule has 0 aliphatic rings. The molecule has 0 fully saturated rings. The first-order valence-corrected chi connectivity index (χ1v) is 4.25. The van der Waals surface area contributed by atoms with Gasteiger partial charge >= 0.3 is 0 Å². The zero-order valence-electron chi connectivity index (χ0n) is 6.84. The molecular formula is C7H12ClN3. The number of hydrogen-bond acceptors (Lipinski definition) is 2. The SMILES string of the molecule is CCCc1nnn(CC)c1Cl. The lowest BCUT2D eigenvalue weighted by Gasteiger charge is -1.94. The first kappa shape index (κ1) is 8.53. The quantitative estimate of drug-likeness (QED) is 0.699. The number of nitrogens with zero attached hydrogens (tertiary/aromatic N) is 3. The first-order chi connectivity index (χ1) is 5.29. The lowest BCUT2D eigenvalue weighted by molar-refractivity contribution is 0.627. The molecule has 0 saturated heterocycles. The van der Waals surface area contributed by atoms with Crippen LogP contribution in [0.3, 0.4) is 0 Å². The second kappa shape index (κ2) is 3.72. The lowest BCUT2D eigenvalue weighted by Crippen LogP contribution is -1.95. The molecule has 0 spiro atoms. The highest BCUT2D eigenvalue weighted by Crippen LogP contribution is 2.13. The summed E-state index contributed by atoms with van der Waals surface area (Å²) in [6.45, 7) is 4.88. The maximum atomic E-state index is 5.94. The monoisotopic (exact) mass is 173 g/mol. The summed E-state index contributed by atoms with van der Waals surface area (Å²) in [6, 6.07) is 0. The third-order valence-corrected chi connectivity index (χ3v) is 1.94. The van der Waals surface area contributed by atoms with Crippen LogP contribution in [0.4, 0.5) is 0 Å². The van der Waals surface area contributed by atoms with Gasteiger partial charge in [-0.1, -0.05) is 30.2 Å². The van der Waals surface area contributed by atoms with Gasteiger partial charge in [-0.05, 0) is 13.3 Å². The molecular weight excluding hydrogens is 162 g/mol. The number of halogens is 1. The van der Waals surface area contributed by atoms with E-state index in [0.717, 1.165) is 25.1 Å². The fourth-order valence-electron chi connectivity index (χ4n) is 0.929. The van der Waals surface area contributed by atoms with Gasteiger partial charge < -0.3 is 0 Å². The van der Waals surface area contributed by atoms with E-state index >= 15 is 0 Å². The van der Waals surface area contributed by atoms with Crippen molar-refractivity contribution in [3.8, 4) is 0 Å². The molecule has 0 radical (unpaired) electrons. The van der Waals surface area contributed by atoms with Crippen LogP contribution in [0.1, 0.15) is 26.0 Å². The summed E-state index contributed by atoms with van der Waals surface area (Å²) >= 11 is 5.94. The van der Waals surface area contributed by atoms with E-state index in [-0.39, 0.29) is 0 Å². The third kappa shape index (κ3) is 1.71. The fourth-order valence-corrected chi connectivity index (χ4v) is 1.22. The Hall–Kier alpha value is -0.570. The van der Waals surface area contributed by atoms with E-state index in [9.17, 15) is 0 Å². The van der Waals surface area contributed by atoms with E-state index in [0.29, 0.717) is 5.15 Å². The average Bonchev–Trinajstić information content (AvgIpc) is 2.34. The summed E-state index contributed by atoms with van der Waals surface area (Å²) in [5.74, 6) is 0. The Morgan fingerprint density at radius 3 is 2.64 bits per heavy atom. The van der Waals surface area contributed by atoms with Gasteiger partial charge in [0.2, 0.25) is 0 Å². The second-order valence-electron chi connectivity index (χ2n) is 2.39. The lowest BCUT2D eigenvalue weighted by atomic mass is 10.3. The number of hydrogen-bond donors (Lipinski definition) is 0. The normalized spacial score (nSPS) is 10.5. The molecule has 1 heterocycles. The summed E-state index contributed by atoms with van der Waals surface area (Å²) in [6.07, 6.45) is 1.97. The molecule has 0 saturated carbocycles. The van der Waals surface area contributed by atoms with Crippen molar-refractivity contribution in [3.05, 3.63) is 10.8 Å². The van der Waals surface area contributed by atoms with Crippen molar-refractivity contribution in [3.63, 3.8) is 0 Å². The molecule has 0 unspecified atom stereocenters.